The van der Waals surface area contributed by atoms with Gasteiger partial charge in [0.2, 0.25) is 11.8 Å². The number of hydrogen-bond acceptors (Lipinski definition) is 3. The second kappa shape index (κ2) is 5.53. The number of likely N-dealkylation sites (tertiary alicyclic amines) is 1. The van der Waals surface area contributed by atoms with Crippen LogP contribution in [0.5, 0.6) is 0 Å². The first kappa shape index (κ1) is 17.3. The van der Waals surface area contributed by atoms with Gasteiger partial charge in [-0.1, -0.05) is 48.5 Å². The zero-order valence-electron chi connectivity index (χ0n) is 15.1. The Kier molecular flexibility index (Phi) is 3.30. The Bertz CT molecular complexity index is 1060. The third-order valence-electron chi connectivity index (χ3n) is 6.57. The number of nitrogens with zero attached hydrogens (tertiary/aromatic N) is 1. The Labute approximate surface area is 177 Å². The lowest BCUT2D eigenvalue weighted by molar-refractivity contribution is -0.141. The van der Waals surface area contributed by atoms with E-state index in [1.54, 1.807) is 12.1 Å². The van der Waals surface area contributed by atoms with Gasteiger partial charge < -0.3 is 4.42 Å². The summed E-state index contributed by atoms with van der Waals surface area (Å²) in [5.41, 5.74) is 3.21. The van der Waals surface area contributed by atoms with Crippen molar-refractivity contribution in [3.8, 4) is 0 Å². The molecule has 7 rings (SSSR count). The second-order valence-electron chi connectivity index (χ2n) is 7.81. The van der Waals surface area contributed by atoms with Gasteiger partial charge in [-0.15, -0.1) is 23.2 Å². The summed E-state index contributed by atoms with van der Waals surface area (Å²) >= 11 is 14.7. The van der Waals surface area contributed by atoms with Crippen molar-refractivity contribution in [3.05, 3.63) is 94.9 Å². The maximum atomic E-state index is 13.6. The van der Waals surface area contributed by atoms with Crippen molar-refractivity contribution in [2.75, 3.05) is 0 Å². The quantitative estimate of drug-likeness (QED) is 0.454. The average molecular weight is 424 g/mol. The van der Waals surface area contributed by atoms with Gasteiger partial charge in [0.05, 0.1) is 24.6 Å². The normalized spacial score (nSPS) is 31.6. The highest BCUT2D eigenvalue weighted by atomic mass is 35.5. The number of rotatable bonds is 2. The number of furan rings is 1. The molecule has 3 aromatic rings. The number of carbonyl (C=O) groups is 2. The van der Waals surface area contributed by atoms with E-state index in [1.165, 1.54) is 11.2 Å². The Morgan fingerprint density at radius 2 is 1.21 bits per heavy atom. The molecule has 0 radical (unpaired) electrons. The third-order valence-corrected chi connectivity index (χ3v) is 7.86. The molecule has 1 saturated heterocycles. The van der Waals surface area contributed by atoms with E-state index in [9.17, 15) is 9.59 Å². The zero-order chi connectivity index (χ0) is 20.0. The maximum absolute atomic E-state index is 13.6. The Balaban J connectivity index is 1.62. The first-order chi connectivity index (χ1) is 14.0. The van der Waals surface area contributed by atoms with Gasteiger partial charge in [-0.25, -0.2) is 0 Å². The molecule has 1 aliphatic heterocycles. The molecule has 4 nitrogen and oxygen atoms in total. The topological polar surface area (TPSA) is 50.5 Å². The van der Waals surface area contributed by atoms with E-state index in [4.69, 9.17) is 27.6 Å². The van der Waals surface area contributed by atoms with E-state index < -0.39 is 21.6 Å². The summed E-state index contributed by atoms with van der Waals surface area (Å²) in [6.45, 7) is 0.0737. The van der Waals surface area contributed by atoms with E-state index >= 15 is 0 Å². The Morgan fingerprint density at radius 3 is 1.59 bits per heavy atom. The van der Waals surface area contributed by atoms with Crippen LogP contribution in [0, 0.1) is 11.8 Å². The summed E-state index contributed by atoms with van der Waals surface area (Å²) < 4.78 is 5.38. The van der Waals surface area contributed by atoms with Crippen molar-refractivity contribution in [2.45, 2.75) is 16.3 Å². The highest BCUT2D eigenvalue weighted by Crippen LogP contribution is 2.69. The highest BCUT2D eigenvalue weighted by Gasteiger charge is 2.73. The molecule has 0 saturated carbocycles. The van der Waals surface area contributed by atoms with Crippen molar-refractivity contribution in [1.29, 1.82) is 0 Å². The van der Waals surface area contributed by atoms with Gasteiger partial charge in [-0.3, -0.25) is 14.5 Å². The van der Waals surface area contributed by atoms with Gasteiger partial charge in [0.1, 0.15) is 15.5 Å². The lowest BCUT2D eigenvalue weighted by Gasteiger charge is -2.54. The summed E-state index contributed by atoms with van der Waals surface area (Å²) in [6, 6.07) is 18.7. The molecule has 0 unspecified atom stereocenters. The predicted octanol–water partition coefficient (Wildman–Crippen LogP) is 4.37. The van der Waals surface area contributed by atoms with Gasteiger partial charge in [0, 0.05) is 0 Å². The number of carbonyl (C=O) groups excluding carboxylic acids is 2. The molecule has 1 aromatic heterocycles. The van der Waals surface area contributed by atoms with Gasteiger partial charge in [-0.05, 0) is 34.4 Å². The summed E-state index contributed by atoms with van der Waals surface area (Å²) in [5.74, 6) is -1.61. The van der Waals surface area contributed by atoms with Crippen LogP contribution < -0.4 is 0 Å². The number of halogens is 2. The lowest BCUT2D eigenvalue weighted by Crippen LogP contribution is -2.57. The molecule has 1 fully saturated rings. The highest BCUT2D eigenvalue weighted by molar-refractivity contribution is 6.35. The molecule has 2 atom stereocenters. The molecule has 2 aromatic carbocycles. The minimum Gasteiger partial charge on any atom is -0.467 e. The monoisotopic (exact) mass is 423 g/mol. The molecule has 144 valence electrons. The maximum Gasteiger partial charge on any atom is 0.236 e. The summed E-state index contributed by atoms with van der Waals surface area (Å²) in [7, 11) is 0. The number of alkyl halides is 2. The van der Waals surface area contributed by atoms with Gasteiger partial charge in [-0.2, -0.15) is 0 Å². The standard InChI is InChI=1S/C23H15Cl2NO3/c24-22-14-7-1-2-8-15(14)23(25,17-10-4-3-9-16(17)22)19-18(22)20(27)26(21(19)28)12-13-6-5-11-29-13/h1-11,18-19H,12H2/t18-,19+,22?,23?. The van der Waals surface area contributed by atoms with Crippen LogP contribution in [0.3, 0.4) is 0 Å². The SMILES string of the molecule is O=C1[C@@H]2[C@H](C(=O)N1Cc1ccco1)C1(Cl)c3ccccc3C2(Cl)c2ccccc21. The molecule has 29 heavy (non-hydrogen) atoms. The fourth-order valence-electron chi connectivity index (χ4n) is 5.44. The average Bonchev–Trinajstić information content (AvgIpc) is 3.34. The zero-order valence-corrected chi connectivity index (χ0v) is 16.7. The van der Waals surface area contributed by atoms with Gasteiger partial charge >= 0.3 is 0 Å². The van der Waals surface area contributed by atoms with Crippen molar-refractivity contribution in [1.82, 2.24) is 4.90 Å². The van der Waals surface area contributed by atoms with Crippen LogP contribution in [0.4, 0.5) is 0 Å². The smallest absolute Gasteiger partial charge is 0.236 e. The lowest BCUT2D eigenvalue weighted by atomic mass is 9.54. The van der Waals surface area contributed by atoms with E-state index in [2.05, 4.69) is 0 Å². The van der Waals surface area contributed by atoms with Gasteiger partial charge in [0.25, 0.3) is 0 Å². The van der Waals surface area contributed by atoms with E-state index in [0.717, 1.165) is 22.3 Å². The Morgan fingerprint density at radius 1 is 0.759 bits per heavy atom. The molecular formula is C23H15Cl2NO3. The largest absolute Gasteiger partial charge is 0.467 e. The van der Waals surface area contributed by atoms with Crippen molar-refractivity contribution in [2.24, 2.45) is 11.8 Å². The number of benzene rings is 2. The second-order valence-corrected chi connectivity index (χ2v) is 9.00. The molecule has 3 aliphatic carbocycles. The van der Waals surface area contributed by atoms with Crippen LogP contribution in [0.1, 0.15) is 28.0 Å². The first-order valence-corrected chi connectivity index (χ1v) is 10.2. The summed E-state index contributed by atoms with van der Waals surface area (Å²) in [4.78, 5) is 26.1. The summed E-state index contributed by atoms with van der Waals surface area (Å²) in [5, 5.41) is 0. The third kappa shape index (κ3) is 1.87. The minimum absolute atomic E-state index is 0.0737. The molecule has 0 spiro atoms. The fourth-order valence-corrected chi connectivity index (χ4v) is 6.54. The van der Waals surface area contributed by atoms with E-state index in [-0.39, 0.29) is 18.4 Å². The predicted molar refractivity (Wildman–Crippen MR) is 107 cm³/mol. The van der Waals surface area contributed by atoms with Crippen LogP contribution in [0.2, 0.25) is 0 Å². The fraction of sp³-hybridized carbons (Fsp3) is 0.217. The van der Waals surface area contributed by atoms with Crippen LogP contribution in [0.15, 0.2) is 71.3 Å². The number of amides is 2. The van der Waals surface area contributed by atoms with Crippen LogP contribution in [-0.2, 0) is 25.9 Å². The van der Waals surface area contributed by atoms with Gasteiger partial charge in [0.15, 0.2) is 0 Å². The van der Waals surface area contributed by atoms with E-state index in [1.807, 2.05) is 48.5 Å². The molecule has 4 aliphatic rings. The first-order valence-electron chi connectivity index (χ1n) is 9.44. The molecule has 6 heteroatoms. The van der Waals surface area contributed by atoms with E-state index in [0.29, 0.717) is 5.76 Å². The number of hydrogen-bond donors (Lipinski definition) is 0. The minimum atomic E-state index is -1.14. The molecule has 0 N–H and O–H groups in total. The number of imide groups is 1. The van der Waals surface area contributed by atoms with Crippen molar-refractivity contribution in [3.63, 3.8) is 0 Å². The molecule has 2 bridgehead atoms. The summed E-state index contributed by atoms with van der Waals surface area (Å²) in [6.07, 6.45) is 1.52. The Hall–Kier alpha value is -2.56. The molecule has 2 heterocycles. The molecular weight excluding hydrogens is 409 g/mol. The van der Waals surface area contributed by atoms with Crippen molar-refractivity contribution < 1.29 is 14.0 Å². The molecule has 2 amide bonds. The van der Waals surface area contributed by atoms with Crippen molar-refractivity contribution >= 4 is 35.0 Å². The van der Waals surface area contributed by atoms with Crippen LogP contribution in [0.25, 0.3) is 0 Å². The van der Waals surface area contributed by atoms with Crippen LogP contribution in [-0.4, -0.2) is 16.7 Å². The van der Waals surface area contributed by atoms with Crippen LogP contribution >= 0.6 is 23.2 Å².